The first-order valence-electron chi connectivity index (χ1n) is 7.19. The van der Waals surface area contributed by atoms with Gasteiger partial charge < -0.3 is 5.73 Å². The van der Waals surface area contributed by atoms with Crippen molar-refractivity contribution in [1.29, 1.82) is 0 Å². The van der Waals surface area contributed by atoms with Gasteiger partial charge in [-0.15, -0.1) is 4.72 Å². The second kappa shape index (κ2) is 7.33. The molecule has 9 heteroatoms. The molecule has 1 unspecified atom stereocenters. The molecule has 0 aliphatic heterocycles. The number of anilines is 1. The Hall–Kier alpha value is -1.61. The average molecular weight is 394 g/mol. The van der Waals surface area contributed by atoms with Crippen LogP contribution in [0.3, 0.4) is 0 Å². The number of nitrogen functional groups attached to an aromatic ring is 1. The summed E-state index contributed by atoms with van der Waals surface area (Å²) in [6, 6.07) is 8.51. The van der Waals surface area contributed by atoms with E-state index in [4.69, 9.17) is 21.9 Å². The quantitative estimate of drug-likeness (QED) is 0.525. The molecule has 2 aromatic carbocycles. The first-order valence-corrected chi connectivity index (χ1v) is 9.49. The number of rotatable bonds is 5. The Bertz CT molecular complexity index is 804. The van der Waals surface area contributed by atoms with E-state index in [1.165, 1.54) is 18.2 Å². The van der Waals surface area contributed by atoms with Gasteiger partial charge in [0.25, 0.3) is 10.4 Å². The molecule has 2 rings (SSSR count). The molecule has 2 aromatic rings. The maximum atomic E-state index is 13.3. The summed E-state index contributed by atoms with van der Waals surface area (Å²) < 4.78 is 62.6. The highest BCUT2D eigenvalue weighted by Crippen LogP contribution is 2.42. The highest BCUT2D eigenvalue weighted by Gasteiger charge is 2.35. The Balaban J connectivity index is 2.30. The summed E-state index contributed by atoms with van der Waals surface area (Å²) >= 11 is 6.00. The fourth-order valence-corrected chi connectivity index (χ4v) is 3.19. The van der Waals surface area contributed by atoms with E-state index in [1.807, 2.05) is 0 Å². The van der Waals surface area contributed by atoms with Crippen LogP contribution >= 0.6 is 11.6 Å². The smallest absolute Gasteiger partial charge is 0.399 e. The lowest BCUT2D eigenvalue weighted by atomic mass is 9.97. The second-order valence-corrected chi connectivity index (χ2v) is 7.87. The minimum Gasteiger partial charge on any atom is -0.399 e. The molecule has 0 aromatic heterocycles. The van der Waals surface area contributed by atoms with Crippen LogP contribution in [-0.2, 0) is 27.2 Å². The predicted octanol–water partition coefficient (Wildman–Crippen LogP) is 4.26. The van der Waals surface area contributed by atoms with Crippen molar-refractivity contribution in [3.8, 4) is 11.1 Å². The molecular weight excluding hydrogens is 377 g/mol. The fourth-order valence-electron chi connectivity index (χ4n) is 2.37. The van der Waals surface area contributed by atoms with Crippen LogP contribution < -0.4 is 10.5 Å². The summed E-state index contributed by atoms with van der Waals surface area (Å²) in [4.78, 5) is 0. The van der Waals surface area contributed by atoms with E-state index in [9.17, 15) is 17.4 Å². The van der Waals surface area contributed by atoms with Crippen molar-refractivity contribution < 1.29 is 21.9 Å². The first-order chi connectivity index (χ1) is 11.5. The summed E-state index contributed by atoms with van der Waals surface area (Å²) in [6.45, 7) is 0.265. The van der Waals surface area contributed by atoms with Crippen LogP contribution in [0.1, 0.15) is 11.1 Å². The van der Waals surface area contributed by atoms with Crippen LogP contribution in [0.5, 0.6) is 0 Å². The third kappa shape index (κ3) is 5.43. The topological polar surface area (TPSA) is 75.3 Å². The van der Waals surface area contributed by atoms with Crippen LogP contribution in [0.25, 0.3) is 11.1 Å². The van der Waals surface area contributed by atoms with Gasteiger partial charge in [-0.25, -0.2) is 0 Å². The number of nitrogens with one attached hydrogen (secondary N) is 1. The third-order valence-electron chi connectivity index (χ3n) is 3.44. The lowest BCUT2D eigenvalue weighted by Crippen LogP contribution is -2.29. The lowest BCUT2D eigenvalue weighted by Gasteiger charge is -2.16. The zero-order chi connectivity index (χ0) is 18.8. The number of benzene rings is 2. The number of nitrogens with two attached hydrogens (primary N) is 1. The molecule has 4 N–H and O–H groups in total. The molecule has 0 saturated carbocycles. The van der Waals surface area contributed by atoms with E-state index in [2.05, 4.69) is 4.72 Å². The number of hydrogen-bond acceptors (Lipinski definition) is 2. The highest BCUT2D eigenvalue weighted by atomic mass is 35.5. The summed E-state index contributed by atoms with van der Waals surface area (Å²) in [7, 11) is -3.03. The number of hydrogen-bond donors (Lipinski definition) is 3. The molecule has 0 saturated heterocycles. The van der Waals surface area contributed by atoms with Crippen molar-refractivity contribution in [3.63, 3.8) is 0 Å². The average Bonchev–Trinajstić information content (AvgIpc) is 2.45. The van der Waals surface area contributed by atoms with Crippen LogP contribution in [0.15, 0.2) is 36.4 Å². The molecule has 0 aliphatic rings. The zero-order valence-corrected chi connectivity index (χ0v) is 14.8. The van der Waals surface area contributed by atoms with Gasteiger partial charge in [0.15, 0.2) is 6.26 Å². The number of halogens is 4. The van der Waals surface area contributed by atoms with Gasteiger partial charge in [0, 0.05) is 17.8 Å². The summed E-state index contributed by atoms with van der Waals surface area (Å²) in [5.41, 5.74) is 5.53. The van der Waals surface area contributed by atoms with E-state index in [0.717, 1.165) is 17.9 Å². The van der Waals surface area contributed by atoms with E-state index >= 15 is 0 Å². The van der Waals surface area contributed by atoms with Gasteiger partial charge >= 0.3 is 6.18 Å². The normalized spacial score (nSPS) is 14.3. The standard InChI is InChI=1S/C16H16ClF3N2O2S/c1-25(23,24)22-7-6-10-2-4-11(5-3-10)15-13(16(18,19)20)8-12(21)9-14(15)17/h2-5,8-9H,6-7,21H2,1H3,(H-,22,23,24)/p+1. The van der Waals surface area contributed by atoms with Crippen molar-refractivity contribution in [2.75, 3.05) is 18.5 Å². The molecule has 0 aliphatic carbocycles. The van der Waals surface area contributed by atoms with Gasteiger partial charge in [-0.05, 0) is 33.9 Å². The van der Waals surface area contributed by atoms with E-state index in [-0.39, 0.29) is 22.8 Å². The molecule has 0 radical (unpaired) electrons. The highest BCUT2D eigenvalue weighted by molar-refractivity contribution is 7.95. The van der Waals surface area contributed by atoms with Gasteiger partial charge in [0.05, 0.1) is 10.6 Å². The Kier molecular flexibility index (Phi) is 5.78. The summed E-state index contributed by atoms with van der Waals surface area (Å²) in [6.07, 6.45) is -2.97. The predicted molar refractivity (Wildman–Crippen MR) is 94.6 cm³/mol. The van der Waals surface area contributed by atoms with Gasteiger partial charge in [-0.1, -0.05) is 35.9 Å². The molecule has 0 heterocycles. The van der Waals surface area contributed by atoms with Crippen molar-refractivity contribution >= 4 is 27.7 Å². The molecule has 0 bridgehead atoms. The van der Waals surface area contributed by atoms with Gasteiger partial charge in [0.1, 0.15) is 0 Å². The SMILES string of the molecule is C[S+](=O)(O)NCCc1ccc(-c2c(Cl)cc(N)cc2C(F)(F)F)cc1. The van der Waals surface area contributed by atoms with Gasteiger partial charge in [-0.2, -0.15) is 17.7 Å². The van der Waals surface area contributed by atoms with Crippen molar-refractivity contribution in [1.82, 2.24) is 4.72 Å². The van der Waals surface area contributed by atoms with Crippen LogP contribution in [0.2, 0.25) is 5.02 Å². The maximum absolute atomic E-state index is 13.3. The van der Waals surface area contributed by atoms with Gasteiger partial charge in [0.2, 0.25) is 0 Å². The minimum atomic E-state index is -4.58. The maximum Gasteiger partial charge on any atom is 0.417 e. The largest absolute Gasteiger partial charge is 0.417 e. The molecule has 4 nitrogen and oxygen atoms in total. The Morgan fingerprint density at radius 1 is 1.24 bits per heavy atom. The van der Waals surface area contributed by atoms with Crippen molar-refractivity contribution in [2.45, 2.75) is 12.6 Å². The van der Waals surface area contributed by atoms with Crippen molar-refractivity contribution in [2.24, 2.45) is 0 Å². The Morgan fingerprint density at radius 2 is 1.84 bits per heavy atom. The molecular formula is C16H17ClF3N2O2S+. The third-order valence-corrected chi connectivity index (χ3v) is 4.48. The van der Waals surface area contributed by atoms with E-state index in [0.29, 0.717) is 12.0 Å². The van der Waals surface area contributed by atoms with Crippen LogP contribution in [-0.4, -0.2) is 17.4 Å². The molecule has 0 fully saturated rings. The Morgan fingerprint density at radius 3 is 2.36 bits per heavy atom. The van der Waals surface area contributed by atoms with Gasteiger partial charge in [-0.3, -0.25) is 0 Å². The monoisotopic (exact) mass is 393 g/mol. The molecule has 0 spiro atoms. The minimum absolute atomic E-state index is 0.0593. The van der Waals surface area contributed by atoms with E-state index in [1.54, 1.807) is 12.1 Å². The zero-order valence-electron chi connectivity index (χ0n) is 13.2. The number of alkyl halides is 3. The summed E-state index contributed by atoms with van der Waals surface area (Å²) in [5, 5.41) is -0.0762. The Labute approximate surface area is 149 Å². The van der Waals surface area contributed by atoms with E-state index < -0.39 is 22.1 Å². The summed E-state index contributed by atoms with van der Waals surface area (Å²) in [5.74, 6) is 0. The second-order valence-electron chi connectivity index (χ2n) is 5.57. The lowest BCUT2D eigenvalue weighted by molar-refractivity contribution is -0.137. The van der Waals surface area contributed by atoms with Crippen LogP contribution in [0.4, 0.5) is 18.9 Å². The molecule has 1 atom stereocenters. The molecule has 0 amide bonds. The first kappa shape index (κ1) is 19.7. The molecule has 25 heavy (non-hydrogen) atoms. The van der Waals surface area contributed by atoms with Crippen LogP contribution in [0, 0.1) is 0 Å². The fraction of sp³-hybridized carbons (Fsp3) is 0.250. The van der Waals surface area contributed by atoms with Crippen molar-refractivity contribution in [3.05, 3.63) is 52.5 Å². The molecule has 136 valence electrons.